The molecule has 28 heavy (non-hydrogen) atoms. The number of amides is 1. The number of rotatable bonds is 8. The van der Waals surface area contributed by atoms with Gasteiger partial charge in [0.2, 0.25) is 0 Å². The summed E-state index contributed by atoms with van der Waals surface area (Å²) in [6.45, 7) is 7.38. The number of ether oxygens (including phenoxy) is 3. The number of morpholine rings is 1. The van der Waals surface area contributed by atoms with Crippen molar-refractivity contribution in [3.05, 3.63) is 59.2 Å². The van der Waals surface area contributed by atoms with E-state index in [4.69, 9.17) is 14.2 Å². The highest BCUT2D eigenvalue weighted by Gasteiger charge is 2.12. The van der Waals surface area contributed by atoms with Crippen LogP contribution in [0.15, 0.2) is 42.5 Å². The molecule has 2 aromatic rings. The van der Waals surface area contributed by atoms with Crippen LogP contribution in [0.3, 0.4) is 0 Å². The summed E-state index contributed by atoms with van der Waals surface area (Å²) in [4.78, 5) is 14.9. The summed E-state index contributed by atoms with van der Waals surface area (Å²) in [5.74, 6) is 1.06. The van der Waals surface area contributed by atoms with E-state index >= 15 is 0 Å². The molecule has 150 valence electrons. The van der Waals surface area contributed by atoms with Crippen molar-refractivity contribution >= 4 is 5.91 Å². The number of nitrogens with one attached hydrogen (secondary N) is 1. The van der Waals surface area contributed by atoms with Gasteiger partial charge in [0.1, 0.15) is 0 Å². The monoisotopic (exact) mass is 384 g/mol. The molecule has 0 spiro atoms. The van der Waals surface area contributed by atoms with Crippen LogP contribution in [0.25, 0.3) is 0 Å². The SMILES string of the molecule is CCOc1cc(C(=O)NCc2ccc(CN3CCOCC3)cc2)ccc1OC. The predicted octanol–water partition coefficient (Wildman–Crippen LogP) is 2.86. The van der Waals surface area contributed by atoms with E-state index < -0.39 is 0 Å². The number of carbonyl (C=O) groups excluding carboxylic acids is 1. The molecule has 1 N–H and O–H groups in total. The van der Waals surface area contributed by atoms with Gasteiger partial charge in [-0.25, -0.2) is 0 Å². The molecule has 0 radical (unpaired) electrons. The van der Waals surface area contributed by atoms with Gasteiger partial charge in [-0.15, -0.1) is 0 Å². The Morgan fingerprint density at radius 3 is 2.46 bits per heavy atom. The number of carbonyl (C=O) groups is 1. The maximum atomic E-state index is 12.5. The first-order chi connectivity index (χ1) is 13.7. The van der Waals surface area contributed by atoms with Gasteiger partial charge in [-0.05, 0) is 36.2 Å². The van der Waals surface area contributed by atoms with E-state index in [0.717, 1.165) is 38.4 Å². The van der Waals surface area contributed by atoms with Crippen molar-refractivity contribution in [2.45, 2.75) is 20.0 Å². The molecule has 1 amide bonds. The molecular formula is C22H28N2O4. The quantitative estimate of drug-likeness (QED) is 0.758. The fraction of sp³-hybridized carbons (Fsp3) is 0.409. The summed E-state index contributed by atoms with van der Waals surface area (Å²) in [7, 11) is 1.58. The van der Waals surface area contributed by atoms with Crippen LogP contribution in [0.2, 0.25) is 0 Å². The lowest BCUT2D eigenvalue weighted by Gasteiger charge is -2.26. The van der Waals surface area contributed by atoms with Crippen LogP contribution in [0.5, 0.6) is 11.5 Å². The minimum atomic E-state index is -0.138. The van der Waals surface area contributed by atoms with Gasteiger partial charge in [-0.1, -0.05) is 24.3 Å². The highest BCUT2D eigenvalue weighted by Crippen LogP contribution is 2.28. The molecule has 1 aliphatic heterocycles. The first-order valence-electron chi connectivity index (χ1n) is 9.66. The highest BCUT2D eigenvalue weighted by molar-refractivity contribution is 5.94. The molecule has 0 aromatic heterocycles. The summed E-state index contributed by atoms with van der Waals surface area (Å²) in [5, 5.41) is 2.96. The molecule has 1 saturated heterocycles. The van der Waals surface area contributed by atoms with E-state index in [-0.39, 0.29) is 5.91 Å². The highest BCUT2D eigenvalue weighted by atomic mass is 16.5. The second-order valence-electron chi connectivity index (χ2n) is 6.69. The van der Waals surface area contributed by atoms with Crippen molar-refractivity contribution in [2.75, 3.05) is 40.0 Å². The third kappa shape index (κ3) is 5.47. The lowest BCUT2D eigenvalue weighted by molar-refractivity contribution is 0.0342. The second kappa shape index (κ2) is 10.1. The Labute approximate surface area is 166 Å². The minimum absolute atomic E-state index is 0.138. The first-order valence-corrected chi connectivity index (χ1v) is 9.66. The van der Waals surface area contributed by atoms with E-state index in [9.17, 15) is 4.79 Å². The largest absolute Gasteiger partial charge is 0.493 e. The van der Waals surface area contributed by atoms with Crippen LogP contribution in [0, 0.1) is 0 Å². The number of benzene rings is 2. The zero-order chi connectivity index (χ0) is 19.8. The van der Waals surface area contributed by atoms with Crippen LogP contribution >= 0.6 is 0 Å². The van der Waals surface area contributed by atoms with Crippen LogP contribution in [-0.4, -0.2) is 50.8 Å². The number of nitrogens with zero attached hydrogens (tertiary/aromatic N) is 1. The lowest BCUT2D eigenvalue weighted by Crippen LogP contribution is -2.35. The molecule has 0 atom stereocenters. The second-order valence-corrected chi connectivity index (χ2v) is 6.69. The first kappa shape index (κ1) is 20.2. The van der Waals surface area contributed by atoms with Crippen molar-refractivity contribution in [1.82, 2.24) is 10.2 Å². The number of hydrogen-bond donors (Lipinski definition) is 1. The average molecular weight is 384 g/mol. The topological polar surface area (TPSA) is 60.0 Å². The molecule has 1 heterocycles. The summed E-state index contributed by atoms with van der Waals surface area (Å²) >= 11 is 0. The third-order valence-electron chi connectivity index (χ3n) is 4.71. The molecule has 0 saturated carbocycles. The maximum Gasteiger partial charge on any atom is 0.251 e. The smallest absolute Gasteiger partial charge is 0.251 e. The van der Waals surface area contributed by atoms with Gasteiger partial charge < -0.3 is 19.5 Å². The Morgan fingerprint density at radius 1 is 1.07 bits per heavy atom. The Kier molecular flexibility index (Phi) is 7.28. The molecule has 2 aromatic carbocycles. The summed E-state index contributed by atoms with van der Waals surface area (Å²) in [5.41, 5.74) is 2.89. The molecule has 1 fully saturated rings. The standard InChI is InChI=1S/C22H28N2O4/c1-3-28-21-14-19(8-9-20(21)26-2)22(25)23-15-17-4-6-18(7-5-17)16-24-10-12-27-13-11-24/h4-9,14H,3,10-13,15-16H2,1-2H3,(H,23,25). The molecular weight excluding hydrogens is 356 g/mol. The van der Waals surface area contributed by atoms with Gasteiger partial charge in [-0.3, -0.25) is 9.69 Å². The van der Waals surface area contributed by atoms with Crippen LogP contribution in [0.1, 0.15) is 28.4 Å². The molecule has 0 bridgehead atoms. The molecule has 6 nitrogen and oxygen atoms in total. The summed E-state index contributed by atoms with van der Waals surface area (Å²) in [6.07, 6.45) is 0. The van der Waals surface area contributed by atoms with Crippen LogP contribution in [0.4, 0.5) is 0 Å². The fourth-order valence-electron chi connectivity index (χ4n) is 3.15. The van der Waals surface area contributed by atoms with Crippen molar-refractivity contribution in [3.8, 4) is 11.5 Å². The Balaban J connectivity index is 1.54. The van der Waals surface area contributed by atoms with E-state index in [2.05, 4.69) is 34.5 Å². The van der Waals surface area contributed by atoms with Crippen LogP contribution in [-0.2, 0) is 17.8 Å². The van der Waals surface area contributed by atoms with Gasteiger partial charge >= 0.3 is 0 Å². The zero-order valence-electron chi connectivity index (χ0n) is 16.6. The van der Waals surface area contributed by atoms with Gasteiger partial charge in [0.05, 0.1) is 26.9 Å². The Morgan fingerprint density at radius 2 is 1.79 bits per heavy atom. The lowest BCUT2D eigenvalue weighted by atomic mass is 10.1. The number of methoxy groups -OCH3 is 1. The maximum absolute atomic E-state index is 12.5. The molecule has 1 aliphatic rings. The normalized spacial score (nSPS) is 14.5. The van der Waals surface area contributed by atoms with Crippen molar-refractivity contribution in [2.24, 2.45) is 0 Å². The molecule has 0 unspecified atom stereocenters. The zero-order valence-corrected chi connectivity index (χ0v) is 16.6. The molecule has 6 heteroatoms. The summed E-state index contributed by atoms with van der Waals surface area (Å²) < 4.78 is 16.2. The Bertz CT molecular complexity index is 771. The van der Waals surface area contributed by atoms with E-state index in [1.54, 1.807) is 25.3 Å². The fourth-order valence-corrected chi connectivity index (χ4v) is 3.15. The average Bonchev–Trinajstić information content (AvgIpc) is 2.74. The minimum Gasteiger partial charge on any atom is -0.493 e. The third-order valence-corrected chi connectivity index (χ3v) is 4.71. The van der Waals surface area contributed by atoms with Crippen molar-refractivity contribution in [1.29, 1.82) is 0 Å². The van der Waals surface area contributed by atoms with Crippen LogP contribution < -0.4 is 14.8 Å². The molecule has 3 rings (SSSR count). The number of hydrogen-bond acceptors (Lipinski definition) is 5. The van der Waals surface area contributed by atoms with Crippen molar-refractivity contribution in [3.63, 3.8) is 0 Å². The van der Waals surface area contributed by atoms with Gasteiger partial charge in [0.15, 0.2) is 11.5 Å². The van der Waals surface area contributed by atoms with E-state index in [1.165, 1.54) is 5.56 Å². The Hall–Kier alpha value is -2.57. The van der Waals surface area contributed by atoms with Gasteiger partial charge in [-0.2, -0.15) is 0 Å². The van der Waals surface area contributed by atoms with Crippen molar-refractivity contribution < 1.29 is 19.0 Å². The predicted molar refractivity (Wildman–Crippen MR) is 108 cm³/mol. The van der Waals surface area contributed by atoms with Gasteiger partial charge in [0.25, 0.3) is 5.91 Å². The molecule has 0 aliphatic carbocycles. The van der Waals surface area contributed by atoms with E-state index in [1.807, 2.05) is 6.92 Å². The van der Waals surface area contributed by atoms with E-state index in [0.29, 0.717) is 30.2 Å². The van der Waals surface area contributed by atoms with Gasteiger partial charge in [0, 0.05) is 31.7 Å². The summed E-state index contributed by atoms with van der Waals surface area (Å²) in [6, 6.07) is 13.6.